The first kappa shape index (κ1) is 18.6. The van der Waals surface area contributed by atoms with Crippen molar-refractivity contribution in [2.75, 3.05) is 13.6 Å². The smallest absolute Gasteiger partial charge is 0.296 e. The summed E-state index contributed by atoms with van der Waals surface area (Å²) in [7, 11) is 2.02. The molecule has 1 aromatic carbocycles. The van der Waals surface area contributed by atoms with Crippen LogP contribution in [-0.4, -0.2) is 39.1 Å². The summed E-state index contributed by atoms with van der Waals surface area (Å²) in [6.07, 6.45) is 3.81. The molecule has 0 unspecified atom stereocenters. The number of nitrogens with zero attached hydrogens (tertiary/aromatic N) is 3. The molecule has 28 heavy (non-hydrogen) atoms. The standard InChI is InChI=1S/C20H23FN4O3/c1-24-10-11-25-18(28)16(26)15(23-19(25)20(24)8-2-3-9-20)17(27)22-12-13-4-6-14(21)7-5-13/h4-7,26H,2-3,8-12H2,1H3,(H,22,27). The van der Waals surface area contributed by atoms with Crippen molar-refractivity contribution in [3.8, 4) is 5.75 Å². The minimum atomic E-state index is -0.627. The number of rotatable bonds is 3. The van der Waals surface area contributed by atoms with Gasteiger partial charge in [0, 0.05) is 19.6 Å². The van der Waals surface area contributed by atoms with Crippen molar-refractivity contribution in [3.63, 3.8) is 0 Å². The fourth-order valence-corrected chi connectivity index (χ4v) is 4.33. The largest absolute Gasteiger partial charge is 0.501 e. The molecule has 1 fully saturated rings. The van der Waals surface area contributed by atoms with Crippen LogP contribution >= 0.6 is 0 Å². The number of hydrogen-bond acceptors (Lipinski definition) is 5. The Kier molecular flexibility index (Phi) is 4.66. The zero-order valence-electron chi connectivity index (χ0n) is 15.7. The lowest BCUT2D eigenvalue weighted by Gasteiger charge is -2.43. The summed E-state index contributed by atoms with van der Waals surface area (Å²) in [5.74, 6) is -1.04. The molecular weight excluding hydrogens is 363 g/mol. The Hall–Kier alpha value is -2.74. The van der Waals surface area contributed by atoms with Crippen LogP contribution in [0.15, 0.2) is 29.1 Å². The molecule has 1 aliphatic heterocycles. The van der Waals surface area contributed by atoms with Gasteiger partial charge in [0.2, 0.25) is 5.75 Å². The van der Waals surface area contributed by atoms with Gasteiger partial charge >= 0.3 is 0 Å². The minimum absolute atomic E-state index is 0.143. The normalized spacial score (nSPS) is 18.2. The fraction of sp³-hybridized carbons (Fsp3) is 0.450. The maximum absolute atomic E-state index is 13.0. The molecule has 0 radical (unpaired) electrons. The topological polar surface area (TPSA) is 87.5 Å². The Bertz CT molecular complexity index is 965. The maximum atomic E-state index is 13.0. The summed E-state index contributed by atoms with van der Waals surface area (Å²) < 4.78 is 14.5. The number of carbonyl (C=O) groups is 1. The predicted octanol–water partition coefficient (Wildman–Crippen LogP) is 1.73. The summed E-state index contributed by atoms with van der Waals surface area (Å²) in [6, 6.07) is 5.74. The van der Waals surface area contributed by atoms with Gasteiger partial charge in [-0.2, -0.15) is 0 Å². The lowest BCUT2D eigenvalue weighted by Crippen LogP contribution is -2.52. The zero-order chi connectivity index (χ0) is 19.9. The van der Waals surface area contributed by atoms with Crippen LogP contribution in [0.1, 0.15) is 47.6 Å². The van der Waals surface area contributed by atoms with Gasteiger partial charge in [0.15, 0.2) is 5.69 Å². The Morgan fingerprint density at radius 2 is 1.93 bits per heavy atom. The van der Waals surface area contributed by atoms with E-state index in [1.807, 2.05) is 7.05 Å². The van der Waals surface area contributed by atoms with Crippen LogP contribution in [0.25, 0.3) is 0 Å². The molecule has 1 saturated carbocycles. The van der Waals surface area contributed by atoms with Gasteiger partial charge in [-0.3, -0.25) is 19.1 Å². The van der Waals surface area contributed by atoms with Crippen molar-refractivity contribution >= 4 is 5.91 Å². The minimum Gasteiger partial charge on any atom is -0.501 e. The molecule has 1 spiro atoms. The molecule has 7 nitrogen and oxygen atoms in total. The number of aromatic nitrogens is 2. The molecule has 0 saturated heterocycles. The number of nitrogens with one attached hydrogen (secondary N) is 1. The first-order chi connectivity index (χ1) is 13.4. The second kappa shape index (κ2) is 7.01. The number of hydrogen-bond donors (Lipinski definition) is 2. The van der Waals surface area contributed by atoms with Crippen molar-refractivity contribution in [1.29, 1.82) is 0 Å². The maximum Gasteiger partial charge on any atom is 0.296 e. The lowest BCUT2D eigenvalue weighted by atomic mass is 9.92. The quantitative estimate of drug-likeness (QED) is 0.839. The highest BCUT2D eigenvalue weighted by molar-refractivity contribution is 5.94. The van der Waals surface area contributed by atoms with Gasteiger partial charge in [-0.25, -0.2) is 9.37 Å². The summed E-state index contributed by atoms with van der Waals surface area (Å²) in [4.78, 5) is 32.1. The number of benzene rings is 1. The summed E-state index contributed by atoms with van der Waals surface area (Å²) >= 11 is 0. The van der Waals surface area contributed by atoms with E-state index >= 15 is 0 Å². The van der Waals surface area contributed by atoms with Crippen LogP contribution in [0, 0.1) is 5.82 Å². The van der Waals surface area contributed by atoms with Crippen LogP contribution < -0.4 is 10.9 Å². The van der Waals surface area contributed by atoms with Crippen LogP contribution in [0.5, 0.6) is 5.75 Å². The second-order valence-electron chi connectivity index (χ2n) is 7.56. The average Bonchev–Trinajstić information content (AvgIpc) is 3.18. The van der Waals surface area contributed by atoms with Crippen molar-refractivity contribution in [2.24, 2.45) is 0 Å². The second-order valence-corrected chi connectivity index (χ2v) is 7.56. The zero-order valence-corrected chi connectivity index (χ0v) is 15.7. The summed E-state index contributed by atoms with van der Waals surface area (Å²) in [5.41, 5.74) is -0.482. The van der Waals surface area contributed by atoms with E-state index in [2.05, 4.69) is 15.2 Å². The first-order valence-electron chi connectivity index (χ1n) is 9.50. The molecule has 2 N–H and O–H groups in total. The molecule has 1 aromatic heterocycles. The molecule has 2 aromatic rings. The third kappa shape index (κ3) is 2.97. The number of likely N-dealkylation sites (N-methyl/N-ethyl adjacent to an activating group) is 1. The van der Waals surface area contributed by atoms with Crippen molar-refractivity contribution in [3.05, 3.63) is 57.5 Å². The van der Waals surface area contributed by atoms with Gasteiger partial charge in [-0.1, -0.05) is 25.0 Å². The van der Waals surface area contributed by atoms with E-state index in [-0.39, 0.29) is 23.6 Å². The SMILES string of the molecule is CN1CCn2c(nc(C(=O)NCc3ccc(F)cc3)c(O)c2=O)C12CCCC2. The van der Waals surface area contributed by atoms with Crippen molar-refractivity contribution in [1.82, 2.24) is 19.8 Å². The van der Waals surface area contributed by atoms with E-state index in [1.165, 1.54) is 16.7 Å². The third-order valence-corrected chi connectivity index (χ3v) is 5.96. The number of aromatic hydroxyl groups is 1. The Balaban J connectivity index is 1.67. The molecule has 1 aliphatic carbocycles. The van der Waals surface area contributed by atoms with Crippen LogP contribution in [0.3, 0.4) is 0 Å². The molecule has 0 bridgehead atoms. The van der Waals surface area contributed by atoms with Gasteiger partial charge < -0.3 is 10.4 Å². The molecule has 8 heteroatoms. The average molecular weight is 386 g/mol. The van der Waals surface area contributed by atoms with Crippen molar-refractivity contribution in [2.45, 2.75) is 44.3 Å². The third-order valence-electron chi connectivity index (χ3n) is 5.96. The Morgan fingerprint density at radius 1 is 1.25 bits per heavy atom. The number of halogens is 1. The highest BCUT2D eigenvalue weighted by Gasteiger charge is 2.46. The fourth-order valence-electron chi connectivity index (χ4n) is 4.33. The van der Waals surface area contributed by atoms with Gasteiger partial charge in [0.05, 0.1) is 5.54 Å². The first-order valence-corrected chi connectivity index (χ1v) is 9.50. The van der Waals surface area contributed by atoms with E-state index in [0.717, 1.165) is 25.7 Å². The van der Waals surface area contributed by atoms with Crippen LogP contribution in [0.4, 0.5) is 4.39 Å². The van der Waals surface area contributed by atoms with Crippen LogP contribution in [-0.2, 0) is 18.6 Å². The van der Waals surface area contributed by atoms with Gasteiger partial charge in [0.25, 0.3) is 11.5 Å². The Labute approximate surface area is 161 Å². The van der Waals surface area contributed by atoms with Gasteiger partial charge in [0.1, 0.15) is 11.6 Å². The predicted molar refractivity (Wildman–Crippen MR) is 101 cm³/mol. The molecule has 1 amide bonds. The summed E-state index contributed by atoms with van der Waals surface area (Å²) in [6.45, 7) is 1.28. The monoisotopic (exact) mass is 386 g/mol. The molecule has 148 valence electrons. The van der Waals surface area contributed by atoms with Crippen LogP contribution in [0.2, 0.25) is 0 Å². The Morgan fingerprint density at radius 3 is 2.61 bits per heavy atom. The molecule has 0 atom stereocenters. The number of amides is 1. The molecular formula is C20H23FN4O3. The molecule has 2 heterocycles. The van der Waals surface area contributed by atoms with E-state index in [1.54, 1.807) is 12.1 Å². The molecule has 4 rings (SSSR count). The van der Waals surface area contributed by atoms with E-state index in [9.17, 15) is 19.1 Å². The van der Waals surface area contributed by atoms with E-state index in [0.29, 0.717) is 24.5 Å². The number of carbonyl (C=O) groups excluding carboxylic acids is 1. The summed E-state index contributed by atoms with van der Waals surface area (Å²) in [5, 5.41) is 13.0. The highest BCUT2D eigenvalue weighted by Crippen LogP contribution is 2.44. The van der Waals surface area contributed by atoms with E-state index in [4.69, 9.17) is 0 Å². The van der Waals surface area contributed by atoms with Gasteiger partial charge in [-0.05, 0) is 37.6 Å². The van der Waals surface area contributed by atoms with Gasteiger partial charge in [-0.15, -0.1) is 0 Å². The van der Waals surface area contributed by atoms with E-state index < -0.39 is 17.2 Å². The number of fused-ring (bicyclic) bond motifs is 2. The van der Waals surface area contributed by atoms with Crippen molar-refractivity contribution < 1.29 is 14.3 Å². The molecule has 2 aliphatic rings. The lowest BCUT2D eigenvalue weighted by molar-refractivity contribution is 0.0742. The highest BCUT2D eigenvalue weighted by atomic mass is 19.1.